The average Bonchev–Trinajstić information content (AvgIpc) is 2.92. The van der Waals surface area contributed by atoms with Crippen LogP contribution in [0.2, 0.25) is 0 Å². The van der Waals surface area contributed by atoms with Gasteiger partial charge in [-0.2, -0.15) is 0 Å². The largest absolute Gasteiger partial charge is 0.493 e. The van der Waals surface area contributed by atoms with Crippen LogP contribution in [0.3, 0.4) is 0 Å². The fourth-order valence-corrected chi connectivity index (χ4v) is 2.64. The maximum absolute atomic E-state index is 5.52. The van der Waals surface area contributed by atoms with Crippen LogP contribution in [0.4, 0.5) is 0 Å². The Morgan fingerprint density at radius 1 is 1.16 bits per heavy atom. The van der Waals surface area contributed by atoms with Crippen molar-refractivity contribution in [3.8, 4) is 5.75 Å². The van der Waals surface area contributed by atoms with Crippen molar-refractivity contribution in [2.75, 3.05) is 46.0 Å². The first-order valence-corrected chi connectivity index (χ1v) is 7.17. The molecule has 1 N–H and O–H groups in total. The highest BCUT2D eigenvalue weighted by Crippen LogP contribution is 2.25. The van der Waals surface area contributed by atoms with Crippen molar-refractivity contribution in [3.05, 3.63) is 29.3 Å². The van der Waals surface area contributed by atoms with Crippen LogP contribution in [0.1, 0.15) is 11.1 Å². The number of fused-ring (bicyclic) bond motifs is 1. The van der Waals surface area contributed by atoms with Gasteiger partial charge < -0.3 is 14.8 Å². The van der Waals surface area contributed by atoms with Gasteiger partial charge in [0.25, 0.3) is 0 Å². The number of hydrogen-bond acceptors (Lipinski definition) is 4. The minimum Gasteiger partial charge on any atom is -0.493 e. The molecule has 0 aromatic heterocycles. The first-order valence-electron chi connectivity index (χ1n) is 7.17. The van der Waals surface area contributed by atoms with E-state index in [4.69, 9.17) is 9.47 Å². The molecule has 1 fully saturated rings. The normalized spacial score (nSPS) is 19.2. The van der Waals surface area contributed by atoms with Crippen LogP contribution < -0.4 is 10.1 Å². The Morgan fingerprint density at radius 2 is 2.05 bits per heavy atom. The molecule has 104 valence electrons. The summed E-state index contributed by atoms with van der Waals surface area (Å²) in [6, 6.07) is 6.53. The van der Waals surface area contributed by atoms with Gasteiger partial charge in [-0.25, -0.2) is 0 Å². The quantitative estimate of drug-likeness (QED) is 0.804. The molecule has 2 aliphatic rings. The molecule has 0 bridgehead atoms. The fraction of sp³-hybridized carbons (Fsp3) is 0.600. The molecule has 1 aromatic carbocycles. The Morgan fingerprint density at radius 3 is 2.95 bits per heavy atom. The summed E-state index contributed by atoms with van der Waals surface area (Å²) in [4.78, 5) is 2.45. The standard InChI is InChI=1S/C15H22N2O2/c1-2-15-14(3-8-19-15)11-13(1)12-16-4-5-17-6-9-18-10-7-17/h1-2,11,16H,3-10,12H2. The van der Waals surface area contributed by atoms with Gasteiger partial charge in [0.1, 0.15) is 5.75 Å². The van der Waals surface area contributed by atoms with Gasteiger partial charge in [-0.15, -0.1) is 0 Å². The molecule has 4 nitrogen and oxygen atoms in total. The summed E-state index contributed by atoms with van der Waals surface area (Å²) < 4.78 is 10.9. The molecule has 0 unspecified atom stereocenters. The average molecular weight is 262 g/mol. The fourth-order valence-electron chi connectivity index (χ4n) is 2.64. The monoisotopic (exact) mass is 262 g/mol. The smallest absolute Gasteiger partial charge is 0.122 e. The van der Waals surface area contributed by atoms with Gasteiger partial charge >= 0.3 is 0 Å². The third kappa shape index (κ3) is 3.47. The van der Waals surface area contributed by atoms with Crippen molar-refractivity contribution >= 4 is 0 Å². The Bertz CT molecular complexity index is 417. The highest BCUT2D eigenvalue weighted by Gasteiger charge is 2.12. The Kier molecular flexibility index (Phi) is 4.33. The van der Waals surface area contributed by atoms with E-state index in [2.05, 4.69) is 28.4 Å². The first kappa shape index (κ1) is 12.9. The van der Waals surface area contributed by atoms with Crippen molar-refractivity contribution in [1.29, 1.82) is 0 Å². The molecular formula is C15H22N2O2. The molecule has 2 aliphatic heterocycles. The maximum atomic E-state index is 5.52. The second-order valence-corrected chi connectivity index (χ2v) is 5.17. The van der Waals surface area contributed by atoms with E-state index in [1.165, 1.54) is 11.1 Å². The van der Waals surface area contributed by atoms with E-state index in [1.54, 1.807) is 0 Å². The van der Waals surface area contributed by atoms with E-state index in [0.717, 1.165) is 64.7 Å². The molecule has 19 heavy (non-hydrogen) atoms. The van der Waals surface area contributed by atoms with Crippen molar-refractivity contribution in [2.45, 2.75) is 13.0 Å². The van der Waals surface area contributed by atoms with E-state index < -0.39 is 0 Å². The van der Waals surface area contributed by atoms with E-state index >= 15 is 0 Å². The predicted molar refractivity (Wildman–Crippen MR) is 74.6 cm³/mol. The third-order valence-electron chi connectivity index (χ3n) is 3.79. The SMILES string of the molecule is c1cc2c(cc1CNCCN1CCOCC1)CCO2. The molecule has 1 aromatic rings. The number of morpholine rings is 1. The van der Waals surface area contributed by atoms with Crippen molar-refractivity contribution in [2.24, 2.45) is 0 Å². The zero-order valence-electron chi connectivity index (χ0n) is 11.4. The molecule has 0 atom stereocenters. The summed E-state index contributed by atoms with van der Waals surface area (Å²) in [6.07, 6.45) is 1.05. The molecule has 0 saturated carbocycles. The number of ether oxygens (including phenoxy) is 2. The van der Waals surface area contributed by atoms with Gasteiger partial charge in [0.2, 0.25) is 0 Å². The summed E-state index contributed by atoms with van der Waals surface area (Å²) in [6.45, 7) is 7.82. The van der Waals surface area contributed by atoms with Gasteiger partial charge in [0, 0.05) is 39.1 Å². The van der Waals surface area contributed by atoms with E-state index in [0.29, 0.717) is 0 Å². The molecule has 1 saturated heterocycles. The molecule has 0 aliphatic carbocycles. The summed E-state index contributed by atoms with van der Waals surface area (Å²) in [5.74, 6) is 1.07. The lowest BCUT2D eigenvalue weighted by Gasteiger charge is -2.26. The number of benzene rings is 1. The van der Waals surface area contributed by atoms with E-state index in [-0.39, 0.29) is 0 Å². The minimum absolute atomic E-state index is 0.837. The zero-order valence-corrected chi connectivity index (χ0v) is 11.4. The maximum Gasteiger partial charge on any atom is 0.122 e. The number of hydrogen-bond donors (Lipinski definition) is 1. The van der Waals surface area contributed by atoms with Crippen molar-refractivity contribution < 1.29 is 9.47 Å². The van der Waals surface area contributed by atoms with Gasteiger partial charge in [-0.05, 0) is 17.2 Å². The van der Waals surface area contributed by atoms with Gasteiger partial charge in [0.15, 0.2) is 0 Å². The van der Waals surface area contributed by atoms with Gasteiger partial charge in [0.05, 0.1) is 19.8 Å². The number of rotatable bonds is 5. The molecule has 4 heteroatoms. The highest BCUT2D eigenvalue weighted by molar-refractivity contribution is 5.39. The number of nitrogens with zero attached hydrogens (tertiary/aromatic N) is 1. The van der Waals surface area contributed by atoms with Crippen molar-refractivity contribution in [1.82, 2.24) is 10.2 Å². The molecule has 3 rings (SSSR count). The molecule has 0 spiro atoms. The minimum atomic E-state index is 0.837. The molecular weight excluding hydrogens is 240 g/mol. The topological polar surface area (TPSA) is 33.7 Å². The van der Waals surface area contributed by atoms with Gasteiger partial charge in [-0.3, -0.25) is 4.90 Å². The Hall–Kier alpha value is -1.10. The molecule has 0 amide bonds. The predicted octanol–water partition coefficient (Wildman–Crippen LogP) is 1.04. The summed E-state index contributed by atoms with van der Waals surface area (Å²) >= 11 is 0. The molecule has 0 radical (unpaired) electrons. The Balaban J connectivity index is 1.40. The second-order valence-electron chi connectivity index (χ2n) is 5.17. The lowest BCUT2D eigenvalue weighted by Crippen LogP contribution is -2.40. The van der Waals surface area contributed by atoms with Crippen LogP contribution in [-0.4, -0.2) is 50.9 Å². The van der Waals surface area contributed by atoms with Crippen LogP contribution in [0, 0.1) is 0 Å². The van der Waals surface area contributed by atoms with E-state index in [1.807, 2.05) is 0 Å². The lowest BCUT2D eigenvalue weighted by molar-refractivity contribution is 0.0384. The van der Waals surface area contributed by atoms with Crippen LogP contribution in [-0.2, 0) is 17.7 Å². The third-order valence-corrected chi connectivity index (χ3v) is 3.79. The van der Waals surface area contributed by atoms with Crippen LogP contribution in [0.15, 0.2) is 18.2 Å². The van der Waals surface area contributed by atoms with Crippen LogP contribution in [0.5, 0.6) is 5.75 Å². The van der Waals surface area contributed by atoms with Gasteiger partial charge in [-0.1, -0.05) is 12.1 Å². The molecule has 2 heterocycles. The second kappa shape index (κ2) is 6.37. The summed E-state index contributed by atoms with van der Waals surface area (Å²) in [7, 11) is 0. The first-order chi connectivity index (χ1) is 9.42. The number of nitrogens with one attached hydrogen (secondary N) is 1. The lowest BCUT2D eigenvalue weighted by atomic mass is 10.1. The van der Waals surface area contributed by atoms with Crippen LogP contribution >= 0.6 is 0 Å². The summed E-state index contributed by atoms with van der Waals surface area (Å²) in [5, 5.41) is 3.52. The Labute approximate surface area is 114 Å². The highest BCUT2D eigenvalue weighted by atomic mass is 16.5. The van der Waals surface area contributed by atoms with Crippen LogP contribution in [0.25, 0.3) is 0 Å². The summed E-state index contributed by atoms with van der Waals surface area (Å²) in [5.41, 5.74) is 2.71. The van der Waals surface area contributed by atoms with E-state index in [9.17, 15) is 0 Å². The zero-order chi connectivity index (χ0) is 12.9. The van der Waals surface area contributed by atoms with Crippen molar-refractivity contribution in [3.63, 3.8) is 0 Å².